The van der Waals surface area contributed by atoms with Crippen LogP contribution >= 0.6 is 34.2 Å². The summed E-state index contributed by atoms with van der Waals surface area (Å²) in [4.78, 5) is 8.84. The Labute approximate surface area is 136 Å². The minimum atomic E-state index is -0.266. The molecule has 0 amide bonds. The monoisotopic (exact) mass is 404 g/mol. The maximum atomic E-state index is 13.7. The average Bonchev–Trinajstić information content (AvgIpc) is 2.34. The van der Waals surface area contributed by atoms with Crippen LogP contribution < -0.4 is 0 Å². The van der Waals surface area contributed by atoms with Crippen molar-refractivity contribution in [1.29, 1.82) is 0 Å². The molecule has 0 bridgehead atoms. The number of nitrogens with zero attached hydrogens (tertiary/aromatic N) is 2. The van der Waals surface area contributed by atoms with Crippen LogP contribution in [0.25, 0.3) is 11.4 Å². The Morgan fingerprint density at radius 1 is 1.20 bits per heavy atom. The number of aromatic nitrogens is 2. The Bertz CT molecular complexity index is 666. The van der Waals surface area contributed by atoms with Gasteiger partial charge >= 0.3 is 0 Å². The molecule has 1 aromatic carbocycles. The van der Waals surface area contributed by atoms with Crippen LogP contribution in [0.5, 0.6) is 0 Å². The van der Waals surface area contributed by atoms with Gasteiger partial charge in [0, 0.05) is 11.0 Å². The molecule has 0 aliphatic rings. The van der Waals surface area contributed by atoms with Crippen molar-refractivity contribution in [3.05, 3.63) is 44.0 Å². The van der Waals surface area contributed by atoms with E-state index in [9.17, 15) is 4.39 Å². The predicted octanol–water partition coefficient (Wildman–Crippen LogP) is 5.15. The first-order valence-electron chi connectivity index (χ1n) is 6.20. The third kappa shape index (κ3) is 3.11. The predicted molar refractivity (Wildman–Crippen MR) is 88.6 cm³/mol. The van der Waals surface area contributed by atoms with Gasteiger partial charge in [-0.2, -0.15) is 0 Å². The van der Waals surface area contributed by atoms with Crippen molar-refractivity contribution in [3.63, 3.8) is 0 Å². The summed E-state index contributed by atoms with van der Waals surface area (Å²) in [5, 5.41) is 0.404. The fourth-order valence-electron chi connectivity index (χ4n) is 1.78. The summed E-state index contributed by atoms with van der Waals surface area (Å²) in [5.41, 5.74) is 1.95. The Morgan fingerprint density at radius 3 is 2.40 bits per heavy atom. The lowest BCUT2D eigenvalue weighted by molar-refractivity contribution is 0.563. The fraction of sp³-hybridized carbons (Fsp3) is 0.333. The maximum Gasteiger partial charge on any atom is 0.161 e. The number of benzene rings is 1. The van der Waals surface area contributed by atoms with Crippen LogP contribution in [0.3, 0.4) is 0 Å². The highest BCUT2D eigenvalue weighted by atomic mass is 127. The van der Waals surface area contributed by atoms with Crippen LogP contribution in [0.15, 0.2) is 18.2 Å². The molecule has 0 N–H and O–H groups in total. The van der Waals surface area contributed by atoms with Gasteiger partial charge in [-0.1, -0.05) is 44.5 Å². The molecule has 0 saturated heterocycles. The summed E-state index contributed by atoms with van der Waals surface area (Å²) < 4.78 is 14.5. The van der Waals surface area contributed by atoms with Crippen molar-refractivity contribution >= 4 is 34.2 Å². The molecule has 0 saturated carbocycles. The second-order valence-corrected chi connectivity index (χ2v) is 7.15. The van der Waals surface area contributed by atoms with Gasteiger partial charge in [0.15, 0.2) is 5.82 Å². The van der Waals surface area contributed by atoms with Gasteiger partial charge in [-0.3, -0.25) is 0 Å². The third-order valence-corrected chi connectivity index (χ3v) is 4.57. The lowest BCUT2D eigenvalue weighted by Gasteiger charge is -2.20. The molecule has 106 valence electrons. The molecule has 20 heavy (non-hydrogen) atoms. The molecule has 1 heterocycles. The summed E-state index contributed by atoms with van der Waals surface area (Å²) in [7, 11) is 0. The zero-order valence-electron chi connectivity index (χ0n) is 11.8. The molecule has 0 aliphatic carbocycles. The standard InChI is InChI=1S/C15H15ClFIN2/c1-8-5-6-9(7-10(8)17)14-19-12(15(2,3)4)11(18)13(16)20-14/h5-7H,1-4H3. The first-order chi connectivity index (χ1) is 9.20. The van der Waals surface area contributed by atoms with Gasteiger partial charge in [0.1, 0.15) is 11.0 Å². The number of hydrogen-bond acceptors (Lipinski definition) is 2. The summed E-state index contributed by atoms with van der Waals surface area (Å²) in [6, 6.07) is 4.97. The minimum absolute atomic E-state index is 0.152. The number of hydrogen-bond donors (Lipinski definition) is 0. The molecule has 2 nitrogen and oxygen atoms in total. The third-order valence-electron chi connectivity index (χ3n) is 2.95. The van der Waals surface area contributed by atoms with Crippen molar-refractivity contribution in [2.45, 2.75) is 33.1 Å². The molecule has 0 radical (unpaired) electrons. The van der Waals surface area contributed by atoms with E-state index in [2.05, 4.69) is 53.3 Å². The van der Waals surface area contributed by atoms with E-state index in [-0.39, 0.29) is 11.2 Å². The molecule has 5 heteroatoms. The summed E-state index contributed by atoms with van der Waals surface area (Å²) in [5.74, 6) is 0.192. The van der Waals surface area contributed by atoms with E-state index < -0.39 is 0 Å². The smallest absolute Gasteiger partial charge is 0.161 e. The SMILES string of the molecule is Cc1ccc(-c2nc(Cl)c(I)c(C(C)(C)C)n2)cc1F. The Hall–Kier alpha value is -0.750. The first-order valence-corrected chi connectivity index (χ1v) is 7.66. The molecule has 0 fully saturated rings. The van der Waals surface area contributed by atoms with Crippen LogP contribution in [0, 0.1) is 16.3 Å². The lowest BCUT2D eigenvalue weighted by atomic mass is 9.92. The normalized spacial score (nSPS) is 11.8. The average molecular weight is 405 g/mol. The second-order valence-electron chi connectivity index (χ2n) is 5.71. The highest BCUT2D eigenvalue weighted by Crippen LogP contribution is 2.31. The van der Waals surface area contributed by atoms with Crippen molar-refractivity contribution in [3.8, 4) is 11.4 Å². The second kappa shape index (κ2) is 5.56. The number of aryl methyl sites for hydroxylation is 1. The quantitative estimate of drug-likeness (QED) is 0.485. The highest BCUT2D eigenvalue weighted by Gasteiger charge is 2.23. The number of rotatable bonds is 1. The Balaban J connectivity index is 2.63. The van der Waals surface area contributed by atoms with Crippen molar-refractivity contribution in [1.82, 2.24) is 9.97 Å². The van der Waals surface area contributed by atoms with Crippen molar-refractivity contribution in [2.75, 3.05) is 0 Å². The summed E-state index contributed by atoms with van der Waals surface area (Å²) >= 11 is 8.34. The molecular weight excluding hydrogens is 390 g/mol. The van der Waals surface area contributed by atoms with E-state index in [1.165, 1.54) is 6.07 Å². The Morgan fingerprint density at radius 2 is 1.85 bits per heavy atom. The minimum Gasteiger partial charge on any atom is -0.231 e. The van der Waals surface area contributed by atoms with Gasteiger partial charge in [-0.05, 0) is 41.1 Å². The van der Waals surface area contributed by atoms with E-state index in [1.54, 1.807) is 13.0 Å². The van der Waals surface area contributed by atoms with Gasteiger partial charge in [0.2, 0.25) is 0 Å². The van der Waals surface area contributed by atoms with Gasteiger partial charge in [-0.25, -0.2) is 14.4 Å². The molecule has 2 aromatic rings. The van der Waals surface area contributed by atoms with Crippen LogP contribution in [0.2, 0.25) is 5.15 Å². The highest BCUT2D eigenvalue weighted by molar-refractivity contribution is 14.1. The van der Waals surface area contributed by atoms with Crippen molar-refractivity contribution in [2.24, 2.45) is 0 Å². The molecule has 1 aromatic heterocycles. The van der Waals surface area contributed by atoms with Crippen LogP contribution in [-0.2, 0) is 5.41 Å². The zero-order chi connectivity index (χ0) is 15.1. The fourth-order valence-corrected chi connectivity index (χ4v) is 3.00. The van der Waals surface area contributed by atoms with Gasteiger partial charge in [-0.15, -0.1) is 0 Å². The largest absolute Gasteiger partial charge is 0.231 e. The van der Waals surface area contributed by atoms with Gasteiger partial charge in [0.05, 0.1) is 9.26 Å². The maximum absolute atomic E-state index is 13.7. The molecule has 0 atom stereocenters. The van der Waals surface area contributed by atoms with Crippen LogP contribution in [-0.4, -0.2) is 9.97 Å². The molecular formula is C15H15ClFIN2. The lowest BCUT2D eigenvalue weighted by Crippen LogP contribution is -2.17. The number of halogens is 3. The Kier molecular flexibility index (Phi) is 4.35. The van der Waals surface area contributed by atoms with E-state index in [0.29, 0.717) is 22.1 Å². The molecule has 0 aliphatic heterocycles. The van der Waals surface area contributed by atoms with E-state index >= 15 is 0 Å². The van der Waals surface area contributed by atoms with Crippen LogP contribution in [0.4, 0.5) is 4.39 Å². The molecule has 0 unspecified atom stereocenters. The topological polar surface area (TPSA) is 25.8 Å². The van der Waals surface area contributed by atoms with E-state index in [0.717, 1.165) is 9.26 Å². The summed E-state index contributed by atoms with van der Waals surface area (Å²) in [6.07, 6.45) is 0. The first kappa shape index (κ1) is 15.6. The molecule has 0 spiro atoms. The molecule has 2 rings (SSSR count). The van der Waals surface area contributed by atoms with E-state index in [1.807, 2.05) is 6.07 Å². The summed E-state index contributed by atoms with van der Waals surface area (Å²) in [6.45, 7) is 7.91. The zero-order valence-corrected chi connectivity index (χ0v) is 14.7. The van der Waals surface area contributed by atoms with Gasteiger partial charge in [0.25, 0.3) is 0 Å². The van der Waals surface area contributed by atoms with Crippen LogP contribution in [0.1, 0.15) is 32.0 Å². The van der Waals surface area contributed by atoms with Gasteiger partial charge < -0.3 is 0 Å². The van der Waals surface area contributed by atoms with Crippen molar-refractivity contribution < 1.29 is 4.39 Å². The van der Waals surface area contributed by atoms with E-state index in [4.69, 9.17) is 11.6 Å².